The van der Waals surface area contributed by atoms with Crippen LogP contribution in [0.15, 0.2) is 16.6 Å². The lowest BCUT2D eigenvalue weighted by atomic mass is 10.0. The van der Waals surface area contributed by atoms with Crippen LogP contribution in [0, 0.1) is 5.82 Å². The lowest BCUT2D eigenvalue weighted by molar-refractivity contribution is 0.313. The summed E-state index contributed by atoms with van der Waals surface area (Å²) in [6.07, 6.45) is 1.84. The van der Waals surface area contributed by atoms with E-state index < -0.39 is 0 Å². The summed E-state index contributed by atoms with van der Waals surface area (Å²) in [4.78, 5) is 0. The molecule has 0 aromatic heterocycles. The summed E-state index contributed by atoms with van der Waals surface area (Å²) >= 11 is 3.39. The van der Waals surface area contributed by atoms with Gasteiger partial charge in [-0.25, -0.2) is 4.39 Å². The van der Waals surface area contributed by atoms with Crippen molar-refractivity contribution in [2.24, 2.45) is 0 Å². The van der Waals surface area contributed by atoms with Crippen LogP contribution in [0.3, 0.4) is 0 Å². The van der Waals surface area contributed by atoms with Crippen molar-refractivity contribution < 1.29 is 9.13 Å². The normalized spacial score (nSPS) is 20.3. The van der Waals surface area contributed by atoms with E-state index in [1.54, 1.807) is 6.07 Å². The molecule has 1 atom stereocenters. The van der Waals surface area contributed by atoms with Crippen LogP contribution < -0.4 is 10.1 Å². The Labute approximate surface area is 96.9 Å². The molecule has 2 rings (SSSR count). The highest BCUT2D eigenvalue weighted by Gasteiger charge is 2.23. The molecular formula is C11H13BrFNO. The van der Waals surface area contributed by atoms with Gasteiger partial charge >= 0.3 is 0 Å². The van der Waals surface area contributed by atoms with Crippen LogP contribution in [0.2, 0.25) is 0 Å². The molecule has 0 saturated carbocycles. The van der Waals surface area contributed by atoms with E-state index in [-0.39, 0.29) is 11.9 Å². The molecule has 1 heterocycles. The van der Waals surface area contributed by atoms with E-state index in [9.17, 15) is 4.39 Å². The Morgan fingerprint density at radius 2 is 2.33 bits per heavy atom. The van der Waals surface area contributed by atoms with Crippen molar-refractivity contribution in [3.05, 3.63) is 28.0 Å². The zero-order chi connectivity index (χ0) is 10.8. The first-order chi connectivity index (χ1) is 7.24. The molecule has 0 fully saturated rings. The molecule has 0 spiro atoms. The highest BCUT2D eigenvalue weighted by atomic mass is 79.9. The fourth-order valence-electron chi connectivity index (χ4n) is 1.91. The Kier molecular flexibility index (Phi) is 3.26. The third kappa shape index (κ3) is 2.01. The summed E-state index contributed by atoms with van der Waals surface area (Å²) in [5.74, 6) is 0.446. The van der Waals surface area contributed by atoms with Crippen LogP contribution in [0.4, 0.5) is 4.39 Å². The minimum absolute atomic E-state index is 0.0417. The van der Waals surface area contributed by atoms with E-state index in [0.717, 1.165) is 17.3 Å². The van der Waals surface area contributed by atoms with Crippen molar-refractivity contribution in [3.63, 3.8) is 0 Å². The molecule has 0 radical (unpaired) electrons. The smallest absolute Gasteiger partial charge is 0.141 e. The van der Waals surface area contributed by atoms with Crippen molar-refractivity contribution >= 4 is 15.9 Å². The number of nitrogens with one attached hydrogen (secondary N) is 1. The Balaban J connectivity index is 2.54. The van der Waals surface area contributed by atoms with Gasteiger partial charge in [-0.15, -0.1) is 0 Å². The second-order valence-electron chi connectivity index (χ2n) is 3.60. The average Bonchev–Trinajstić information content (AvgIpc) is 2.46. The third-order valence-electron chi connectivity index (χ3n) is 2.68. The van der Waals surface area contributed by atoms with E-state index in [1.165, 1.54) is 6.07 Å². The van der Waals surface area contributed by atoms with Crippen LogP contribution in [-0.4, -0.2) is 13.7 Å². The van der Waals surface area contributed by atoms with Gasteiger partial charge in [0.25, 0.3) is 0 Å². The van der Waals surface area contributed by atoms with Crippen molar-refractivity contribution in [3.8, 4) is 5.75 Å². The van der Waals surface area contributed by atoms with Gasteiger partial charge in [0.1, 0.15) is 11.6 Å². The maximum atomic E-state index is 13.7. The van der Waals surface area contributed by atoms with Gasteiger partial charge in [0.2, 0.25) is 0 Å². The predicted molar refractivity (Wildman–Crippen MR) is 60.6 cm³/mol. The average molecular weight is 274 g/mol. The second-order valence-corrected chi connectivity index (χ2v) is 4.46. The van der Waals surface area contributed by atoms with Crippen LogP contribution in [-0.2, 0) is 0 Å². The Morgan fingerprint density at radius 1 is 1.53 bits per heavy atom. The molecule has 0 amide bonds. The number of benzene rings is 1. The summed E-state index contributed by atoms with van der Waals surface area (Å²) in [7, 11) is 1.85. The summed E-state index contributed by atoms with van der Waals surface area (Å²) < 4.78 is 20.1. The lowest BCUT2D eigenvalue weighted by Gasteiger charge is -2.17. The van der Waals surface area contributed by atoms with E-state index in [4.69, 9.17) is 4.74 Å². The van der Waals surface area contributed by atoms with Crippen LogP contribution in [0.1, 0.15) is 24.4 Å². The molecule has 1 aliphatic heterocycles. The molecular weight excluding hydrogens is 261 g/mol. The molecule has 0 bridgehead atoms. The number of hydrogen-bond acceptors (Lipinski definition) is 2. The zero-order valence-electron chi connectivity index (χ0n) is 8.52. The van der Waals surface area contributed by atoms with E-state index in [1.807, 2.05) is 7.05 Å². The molecule has 0 saturated heterocycles. The maximum absolute atomic E-state index is 13.7. The summed E-state index contributed by atoms with van der Waals surface area (Å²) in [5.41, 5.74) is 0.643. The molecule has 15 heavy (non-hydrogen) atoms. The van der Waals surface area contributed by atoms with Crippen molar-refractivity contribution in [2.75, 3.05) is 13.7 Å². The van der Waals surface area contributed by atoms with Crippen molar-refractivity contribution in [2.45, 2.75) is 18.9 Å². The van der Waals surface area contributed by atoms with Gasteiger partial charge in [-0.05, 0) is 48.0 Å². The van der Waals surface area contributed by atoms with Gasteiger partial charge in [0.05, 0.1) is 11.1 Å². The SMILES string of the molecule is CNC1CCCOc2c(Br)ccc(F)c21. The minimum atomic E-state index is -0.200. The Bertz CT molecular complexity index is 370. The van der Waals surface area contributed by atoms with E-state index >= 15 is 0 Å². The van der Waals surface area contributed by atoms with Gasteiger partial charge in [-0.2, -0.15) is 0 Å². The number of halogens is 2. The molecule has 1 N–H and O–H groups in total. The minimum Gasteiger partial charge on any atom is -0.492 e. The second kappa shape index (κ2) is 4.49. The Hall–Kier alpha value is -0.610. The molecule has 1 unspecified atom stereocenters. The van der Waals surface area contributed by atoms with Crippen LogP contribution >= 0.6 is 15.9 Å². The topological polar surface area (TPSA) is 21.3 Å². The van der Waals surface area contributed by atoms with E-state index in [0.29, 0.717) is 17.9 Å². The molecule has 1 aromatic carbocycles. The highest BCUT2D eigenvalue weighted by molar-refractivity contribution is 9.10. The number of rotatable bonds is 1. The third-order valence-corrected chi connectivity index (χ3v) is 3.30. The molecule has 1 aliphatic rings. The zero-order valence-corrected chi connectivity index (χ0v) is 10.1. The molecule has 4 heteroatoms. The van der Waals surface area contributed by atoms with Gasteiger partial charge in [-0.1, -0.05) is 0 Å². The predicted octanol–water partition coefficient (Wildman–Crippen LogP) is 3.02. The first-order valence-electron chi connectivity index (χ1n) is 5.02. The fourth-order valence-corrected chi connectivity index (χ4v) is 2.38. The standard InChI is InChI=1S/C11H13BrFNO/c1-14-9-3-2-6-15-11-7(12)4-5-8(13)10(9)11/h4-5,9,14H,2-3,6H2,1H3. The first kappa shape index (κ1) is 10.9. The van der Waals surface area contributed by atoms with E-state index in [2.05, 4.69) is 21.2 Å². The summed E-state index contributed by atoms with van der Waals surface area (Å²) in [6, 6.07) is 3.20. The van der Waals surface area contributed by atoms with Crippen LogP contribution in [0.5, 0.6) is 5.75 Å². The van der Waals surface area contributed by atoms with Gasteiger partial charge in [0.15, 0.2) is 0 Å². The van der Waals surface area contributed by atoms with Gasteiger partial charge in [0, 0.05) is 11.6 Å². The maximum Gasteiger partial charge on any atom is 0.141 e. The fraction of sp³-hybridized carbons (Fsp3) is 0.455. The molecule has 82 valence electrons. The monoisotopic (exact) mass is 273 g/mol. The molecule has 1 aromatic rings. The largest absolute Gasteiger partial charge is 0.492 e. The van der Waals surface area contributed by atoms with Crippen LogP contribution in [0.25, 0.3) is 0 Å². The number of hydrogen-bond donors (Lipinski definition) is 1. The van der Waals surface area contributed by atoms with Crippen molar-refractivity contribution in [1.82, 2.24) is 5.32 Å². The van der Waals surface area contributed by atoms with Crippen molar-refractivity contribution in [1.29, 1.82) is 0 Å². The lowest BCUT2D eigenvalue weighted by Crippen LogP contribution is -2.17. The van der Waals surface area contributed by atoms with Gasteiger partial charge in [-0.3, -0.25) is 0 Å². The van der Waals surface area contributed by atoms with Gasteiger partial charge < -0.3 is 10.1 Å². The summed E-state index contributed by atoms with van der Waals surface area (Å²) in [6.45, 7) is 0.646. The number of fused-ring (bicyclic) bond motifs is 1. The number of ether oxygens (including phenoxy) is 1. The highest BCUT2D eigenvalue weighted by Crippen LogP contribution is 2.38. The Morgan fingerprint density at radius 3 is 3.07 bits per heavy atom. The first-order valence-corrected chi connectivity index (χ1v) is 5.81. The summed E-state index contributed by atoms with van der Waals surface area (Å²) in [5, 5.41) is 3.13. The molecule has 2 nitrogen and oxygen atoms in total. The quantitative estimate of drug-likeness (QED) is 0.850. The molecule has 0 aliphatic carbocycles.